The quantitative estimate of drug-likeness (QED) is 0.174. The van der Waals surface area contributed by atoms with Crippen LogP contribution in [0.4, 0.5) is 0 Å². The van der Waals surface area contributed by atoms with Gasteiger partial charge in [0.05, 0.1) is 0 Å². The predicted octanol–water partition coefficient (Wildman–Crippen LogP) is 6.57. The van der Waals surface area contributed by atoms with Gasteiger partial charge < -0.3 is 0 Å². The summed E-state index contributed by atoms with van der Waals surface area (Å²) in [5.74, 6) is 0. The van der Waals surface area contributed by atoms with Gasteiger partial charge in [-0.3, -0.25) is 0 Å². The van der Waals surface area contributed by atoms with Gasteiger partial charge in [-0.2, -0.15) is 0 Å². The molecule has 0 amide bonds. The van der Waals surface area contributed by atoms with Crippen LogP contribution in [0.1, 0.15) is 64.9 Å². The molecule has 0 aliphatic carbocycles. The molecular weight excluding hydrogens is 403 g/mol. The molecule has 0 aromatic heterocycles. The van der Waals surface area contributed by atoms with Gasteiger partial charge in [-0.1, -0.05) is 0 Å². The predicted molar refractivity (Wildman–Crippen MR) is 107 cm³/mol. The van der Waals surface area contributed by atoms with Gasteiger partial charge in [0.25, 0.3) is 0 Å². The summed E-state index contributed by atoms with van der Waals surface area (Å²) in [6.07, 6.45) is 8.16. The van der Waals surface area contributed by atoms with Crippen molar-refractivity contribution in [1.29, 1.82) is 0 Å². The molecule has 24 heavy (non-hydrogen) atoms. The first-order chi connectivity index (χ1) is 11.8. The van der Waals surface area contributed by atoms with Gasteiger partial charge in [0.1, 0.15) is 0 Å². The molecule has 1 aromatic carbocycles. The molecule has 0 aliphatic heterocycles. The number of unbranched alkanes of at least 4 members (excludes halogenated alkanes) is 3. The van der Waals surface area contributed by atoms with E-state index in [1.807, 2.05) is 6.07 Å². The van der Waals surface area contributed by atoms with E-state index in [2.05, 4.69) is 45.0 Å². The monoisotopic (exact) mass is 442 g/mol. The maximum atomic E-state index is 6.08. The van der Waals surface area contributed by atoms with Gasteiger partial charge >= 0.3 is 154 Å². The topological polar surface area (TPSA) is 18.5 Å². The Labute approximate surface area is 154 Å². The first-order valence-electron chi connectivity index (χ1n) is 9.95. The van der Waals surface area contributed by atoms with Crippen LogP contribution in [0, 0.1) is 0 Å². The minimum atomic E-state index is -2.13. The molecule has 1 rings (SSSR count). The van der Waals surface area contributed by atoms with Crippen molar-refractivity contribution in [2.75, 3.05) is 11.4 Å². The molecule has 0 heterocycles. The molecule has 0 radical (unpaired) electrons. The Hall–Kier alpha value is -0.0613. The second kappa shape index (κ2) is 14.1. The Morgan fingerprint density at radius 3 is 1.79 bits per heavy atom. The molecule has 138 valence electrons. The third-order valence-corrected chi connectivity index (χ3v) is 19.3. The number of hydrogen-bond acceptors (Lipinski definition) is 2. The summed E-state index contributed by atoms with van der Waals surface area (Å²) in [7, 11) is 0. The van der Waals surface area contributed by atoms with Gasteiger partial charge in [-0.25, -0.2) is 0 Å². The second-order valence-corrected chi connectivity index (χ2v) is 20.8. The summed E-state index contributed by atoms with van der Waals surface area (Å²) >= 11 is -2.13. The van der Waals surface area contributed by atoms with Crippen molar-refractivity contribution >= 4 is 18.4 Å². The van der Waals surface area contributed by atoms with Crippen molar-refractivity contribution in [1.82, 2.24) is 0 Å². The normalized spacial score (nSPS) is 11.8. The zero-order valence-electron chi connectivity index (χ0n) is 16.2. The van der Waals surface area contributed by atoms with Crippen molar-refractivity contribution in [2.45, 2.75) is 79.2 Å². The van der Waals surface area contributed by atoms with Gasteiger partial charge in [-0.05, 0) is 0 Å². The molecule has 2 nitrogen and oxygen atoms in total. The molecule has 0 N–H and O–H groups in total. The summed E-state index contributed by atoms with van der Waals surface area (Å²) in [6, 6.07) is 10.4. The zero-order chi connectivity index (χ0) is 17.5. The molecule has 0 fully saturated rings. The van der Waals surface area contributed by atoms with Crippen molar-refractivity contribution in [3.8, 4) is 0 Å². The van der Waals surface area contributed by atoms with Crippen LogP contribution in [0.3, 0.4) is 0 Å². The first kappa shape index (κ1) is 22.0. The number of ether oxygens (including phenoxy) is 2. The Morgan fingerprint density at radius 2 is 1.29 bits per heavy atom. The summed E-state index contributed by atoms with van der Waals surface area (Å²) in [5, 5.41) is 0. The molecule has 0 aliphatic rings. The van der Waals surface area contributed by atoms with Crippen LogP contribution in [-0.4, -0.2) is 29.8 Å². The Balaban J connectivity index is 2.42. The van der Waals surface area contributed by atoms with E-state index in [1.165, 1.54) is 57.4 Å². The van der Waals surface area contributed by atoms with Crippen LogP contribution < -0.4 is 0 Å². The molecule has 0 spiro atoms. The van der Waals surface area contributed by atoms with Crippen molar-refractivity contribution < 1.29 is 9.47 Å². The first-order valence-corrected chi connectivity index (χ1v) is 18.0. The van der Waals surface area contributed by atoms with E-state index in [0.717, 1.165) is 4.62 Å². The standard InChI is InChI=1S/C9H11O2.3C4H9.Sn/c1-10-8-11-7-9-5-3-2-4-6-9;3*1-3-4-2;/h2-6H,1,7-8H2;3*1,3-4H2,2H3;. The van der Waals surface area contributed by atoms with Gasteiger partial charge in [0.15, 0.2) is 0 Å². The van der Waals surface area contributed by atoms with Gasteiger partial charge in [0, 0.05) is 0 Å². The van der Waals surface area contributed by atoms with E-state index < -0.39 is 18.4 Å². The maximum absolute atomic E-state index is 6.08. The van der Waals surface area contributed by atoms with Crippen LogP contribution in [0.5, 0.6) is 0 Å². The fraction of sp³-hybridized carbons (Fsp3) is 0.714. The van der Waals surface area contributed by atoms with Crippen LogP contribution >= 0.6 is 0 Å². The SMILES string of the molecule is CCC[CH2][Sn]([CH2]CCC)([CH2]CCC)[CH2]OCOCc1ccccc1. The molecular formula is C21H38O2Sn. The summed E-state index contributed by atoms with van der Waals surface area (Å²) in [5.41, 5.74) is 1.22. The molecule has 1 aromatic rings. The fourth-order valence-electron chi connectivity index (χ4n) is 3.30. The zero-order valence-corrected chi connectivity index (χ0v) is 19.0. The van der Waals surface area contributed by atoms with Crippen molar-refractivity contribution in [2.24, 2.45) is 0 Å². The summed E-state index contributed by atoms with van der Waals surface area (Å²) < 4.78 is 17.4. The number of benzene rings is 1. The Bertz CT molecular complexity index is 372. The van der Waals surface area contributed by atoms with E-state index >= 15 is 0 Å². The minimum absolute atomic E-state index is 0.456. The number of rotatable bonds is 15. The molecule has 0 atom stereocenters. The Kier molecular flexibility index (Phi) is 13.0. The van der Waals surface area contributed by atoms with Gasteiger partial charge in [0.2, 0.25) is 0 Å². The third kappa shape index (κ3) is 9.43. The van der Waals surface area contributed by atoms with E-state index in [9.17, 15) is 0 Å². The molecule has 3 heteroatoms. The molecule has 0 bridgehead atoms. The molecule has 0 saturated carbocycles. The molecule has 0 unspecified atom stereocenters. The van der Waals surface area contributed by atoms with Crippen LogP contribution in [0.25, 0.3) is 0 Å². The van der Waals surface area contributed by atoms with Crippen molar-refractivity contribution in [3.63, 3.8) is 0 Å². The molecule has 0 saturated heterocycles. The van der Waals surface area contributed by atoms with E-state index in [4.69, 9.17) is 9.47 Å². The van der Waals surface area contributed by atoms with Crippen LogP contribution in [0.15, 0.2) is 30.3 Å². The third-order valence-electron chi connectivity index (χ3n) is 4.87. The second-order valence-electron chi connectivity index (χ2n) is 7.11. The fourth-order valence-corrected chi connectivity index (χ4v) is 17.6. The van der Waals surface area contributed by atoms with Crippen LogP contribution in [-0.2, 0) is 16.1 Å². The van der Waals surface area contributed by atoms with Crippen molar-refractivity contribution in [3.05, 3.63) is 35.9 Å². The average Bonchev–Trinajstić information content (AvgIpc) is 2.63. The van der Waals surface area contributed by atoms with E-state index in [1.54, 1.807) is 0 Å². The van der Waals surface area contributed by atoms with Crippen LogP contribution in [0.2, 0.25) is 13.3 Å². The summed E-state index contributed by atoms with van der Waals surface area (Å²) in [4.78, 5) is 0. The van der Waals surface area contributed by atoms with Gasteiger partial charge in [-0.15, -0.1) is 0 Å². The number of hydrogen-bond donors (Lipinski definition) is 0. The average molecular weight is 441 g/mol. The van der Waals surface area contributed by atoms with E-state index in [-0.39, 0.29) is 0 Å². The summed E-state index contributed by atoms with van der Waals surface area (Å²) in [6.45, 7) is 8.07. The van der Waals surface area contributed by atoms with E-state index in [0.29, 0.717) is 13.4 Å². The Morgan fingerprint density at radius 1 is 0.750 bits per heavy atom.